The van der Waals surface area contributed by atoms with Crippen LogP contribution in [0.3, 0.4) is 0 Å². The van der Waals surface area contributed by atoms with Gasteiger partial charge in [-0.2, -0.15) is 0 Å². The van der Waals surface area contributed by atoms with E-state index in [4.69, 9.17) is 11.6 Å². The SMILES string of the molecule is CC(=O)SCC(O)C(O)c1ccc2nc(Cl)ccc2c1. The molecule has 0 fully saturated rings. The second-order valence-corrected chi connectivity index (χ2v) is 5.99. The Bertz CT molecular complexity index is 635. The summed E-state index contributed by atoms with van der Waals surface area (Å²) in [4.78, 5) is 15.0. The minimum atomic E-state index is -1.04. The molecule has 0 aliphatic heterocycles. The predicted octanol–water partition coefficient (Wildman–Crippen LogP) is 2.56. The molecule has 2 unspecified atom stereocenters. The molecule has 106 valence electrons. The monoisotopic (exact) mass is 311 g/mol. The molecule has 0 saturated carbocycles. The first-order valence-electron chi connectivity index (χ1n) is 6.03. The van der Waals surface area contributed by atoms with E-state index in [0.717, 1.165) is 22.7 Å². The van der Waals surface area contributed by atoms with Gasteiger partial charge in [0.15, 0.2) is 5.12 Å². The van der Waals surface area contributed by atoms with Crippen LogP contribution in [0.15, 0.2) is 30.3 Å². The Kier molecular flexibility index (Phi) is 4.99. The minimum Gasteiger partial charge on any atom is -0.389 e. The highest BCUT2D eigenvalue weighted by Gasteiger charge is 2.19. The lowest BCUT2D eigenvalue weighted by molar-refractivity contribution is -0.109. The van der Waals surface area contributed by atoms with E-state index in [0.29, 0.717) is 10.7 Å². The number of halogens is 1. The zero-order chi connectivity index (χ0) is 14.7. The quantitative estimate of drug-likeness (QED) is 0.849. The fraction of sp³-hybridized carbons (Fsp3) is 0.286. The summed E-state index contributed by atoms with van der Waals surface area (Å²) in [7, 11) is 0. The molecule has 1 heterocycles. The number of fused-ring (bicyclic) bond motifs is 1. The first-order chi connectivity index (χ1) is 9.47. The van der Waals surface area contributed by atoms with Crippen LogP contribution in [-0.2, 0) is 4.79 Å². The van der Waals surface area contributed by atoms with Crippen molar-refractivity contribution in [3.63, 3.8) is 0 Å². The summed E-state index contributed by atoms with van der Waals surface area (Å²) in [6, 6.07) is 8.66. The van der Waals surface area contributed by atoms with E-state index in [1.165, 1.54) is 6.92 Å². The number of hydrogen-bond acceptors (Lipinski definition) is 5. The fourth-order valence-corrected chi connectivity index (χ4v) is 2.56. The van der Waals surface area contributed by atoms with Crippen molar-refractivity contribution in [1.82, 2.24) is 4.98 Å². The molecular weight excluding hydrogens is 298 g/mol. The van der Waals surface area contributed by atoms with Gasteiger partial charge in [0.05, 0.1) is 11.6 Å². The van der Waals surface area contributed by atoms with Gasteiger partial charge in [0.25, 0.3) is 0 Å². The molecule has 4 nitrogen and oxygen atoms in total. The lowest BCUT2D eigenvalue weighted by atomic mass is 10.0. The summed E-state index contributed by atoms with van der Waals surface area (Å²) >= 11 is 6.80. The summed E-state index contributed by atoms with van der Waals surface area (Å²) < 4.78 is 0. The van der Waals surface area contributed by atoms with Crippen LogP contribution < -0.4 is 0 Å². The number of aliphatic hydroxyl groups is 2. The van der Waals surface area contributed by atoms with Gasteiger partial charge in [-0.1, -0.05) is 29.4 Å². The van der Waals surface area contributed by atoms with Crippen molar-refractivity contribution in [2.45, 2.75) is 19.1 Å². The largest absolute Gasteiger partial charge is 0.389 e. The zero-order valence-corrected chi connectivity index (χ0v) is 12.4. The van der Waals surface area contributed by atoms with Gasteiger partial charge in [-0.15, -0.1) is 0 Å². The van der Waals surface area contributed by atoms with Gasteiger partial charge >= 0.3 is 0 Å². The minimum absolute atomic E-state index is 0.0893. The Balaban J connectivity index is 2.19. The van der Waals surface area contributed by atoms with Gasteiger partial charge in [0.1, 0.15) is 11.3 Å². The molecule has 0 bridgehead atoms. The molecule has 2 aromatic rings. The molecular formula is C14H14ClNO3S. The van der Waals surface area contributed by atoms with Crippen molar-refractivity contribution in [2.75, 3.05) is 5.75 Å². The maximum atomic E-state index is 10.9. The third kappa shape index (κ3) is 3.70. The molecule has 2 N–H and O–H groups in total. The van der Waals surface area contributed by atoms with Crippen LogP contribution in [0.4, 0.5) is 0 Å². The molecule has 2 atom stereocenters. The van der Waals surface area contributed by atoms with Gasteiger partial charge < -0.3 is 10.2 Å². The van der Waals surface area contributed by atoms with Crippen molar-refractivity contribution in [3.8, 4) is 0 Å². The number of aliphatic hydroxyl groups excluding tert-OH is 2. The second-order valence-electron chi connectivity index (χ2n) is 4.40. The predicted molar refractivity (Wildman–Crippen MR) is 80.9 cm³/mol. The van der Waals surface area contributed by atoms with Crippen LogP contribution in [0.5, 0.6) is 0 Å². The lowest BCUT2D eigenvalue weighted by Crippen LogP contribution is -2.21. The number of rotatable bonds is 4. The number of thioether (sulfide) groups is 1. The van der Waals surface area contributed by atoms with Crippen LogP contribution in [0.1, 0.15) is 18.6 Å². The topological polar surface area (TPSA) is 70.4 Å². The van der Waals surface area contributed by atoms with Crippen molar-refractivity contribution < 1.29 is 15.0 Å². The van der Waals surface area contributed by atoms with Crippen LogP contribution in [0, 0.1) is 0 Å². The van der Waals surface area contributed by atoms with Gasteiger partial charge in [0.2, 0.25) is 0 Å². The van der Waals surface area contributed by atoms with Crippen LogP contribution >= 0.6 is 23.4 Å². The summed E-state index contributed by atoms with van der Waals surface area (Å²) in [5, 5.41) is 21.1. The van der Waals surface area contributed by atoms with E-state index in [9.17, 15) is 15.0 Å². The molecule has 6 heteroatoms. The maximum Gasteiger partial charge on any atom is 0.185 e. The number of carbonyl (C=O) groups is 1. The fourth-order valence-electron chi connectivity index (χ4n) is 1.82. The van der Waals surface area contributed by atoms with Crippen LogP contribution in [0.2, 0.25) is 5.15 Å². The number of pyridine rings is 1. The highest BCUT2D eigenvalue weighted by Crippen LogP contribution is 2.24. The van der Waals surface area contributed by atoms with Crippen LogP contribution in [-0.4, -0.2) is 32.2 Å². The molecule has 0 radical (unpaired) electrons. The second kappa shape index (κ2) is 6.54. The standard InChI is InChI=1S/C14H14ClNO3S/c1-8(17)20-7-12(18)14(19)10-2-4-11-9(6-10)3-5-13(15)16-11/h2-6,12,14,18-19H,7H2,1H3. The molecule has 0 aliphatic rings. The summed E-state index contributed by atoms with van der Waals surface area (Å²) in [5.41, 5.74) is 1.30. The average Bonchev–Trinajstić information content (AvgIpc) is 2.43. The lowest BCUT2D eigenvalue weighted by Gasteiger charge is -2.17. The van der Waals surface area contributed by atoms with Gasteiger partial charge in [-0.05, 0) is 29.8 Å². The highest BCUT2D eigenvalue weighted by atomic mass is 35.5. The summed E-state index contributed by atoms with van der Waals surface area (Å²) in [5.74, 6) is 0.160. The Morgan fingerprint density at radius 3 is 2.80 bits per heavy atom. The van der Waals surface area contributed by atoms with Gasteiger partial charge in [-0.3, -0.25) is 4.79 Å². The van der Waals surface area contributed by atoms with Gasteiger partial charge in [-0.25, -0.2) is 4.98 Å². The normalized spacial score (nSPS) is 14.2. The van der Waals surface area contributed by atoms with Crippen molar-refractivity contribution >= 4 is 39.4 Å². The number of carbonyl (C=O) groups excluding carboxylic acids is 1. The molecule has 2 rings (SSSR count). The molecule has 0 saturated heterocycles. The van der Waals surface area contributed by atoms with Crippen molar-refractivity contribution in [3.05, 3.63) is 41.0 Å². The molecule has 0 aliphatic carbocycles. The summed E-state index contributed by atoms with van der Waals surface area (Å²) in [6.07, 6.45) is -2.04. The smallest absolute Gasteiger partial charge is 0.185 e. The Morgan fingerprint density at radius 1 is 1.35 bits per heavy atom. The van der Waals surface area contributed by atoms with E-state index in [-0.39, 0.29) is 10.9 Å². The molecule has 1 aromatic heterocycles. The van der Waals surface area contributed by atoms with Crippen molar-refractivity contribution in [2.24, 2.45) is 0 Å². The third-order valence-electron chi connectivity index (χ3n) is 2.84. The molecule has 20 heavy (non-hydrogen) atoms. The summed E-state index contributed by atoms with van der Waals surface area (Å²) in [6.45, 7) is 1.43. The first-order valence-corrected chi connectivity index (χ1v) is 7.39. The van der Waals surface area contributed by atoms with E-state index in [2.05, 4.69) is 4.98 Å². The van der Waals surface area contributed by atoms with Gasteiger partial charge in [0, 0.05) is 18.1 Å². The highest BCUT2D eigenvalue weighted by molar-refractivity contribution is 8.13. The Labute approximate surface area is 125 Å². The van der Waals surface area contributed by atoms with E-state index < -0.39 is 12.2 Å². The third-order valence-corrected chi connectivity index (χ3v) is 3.97. The van der Waals surface area contributed by atoms with Crippen LogP contribution in [0.25, 0.3) is 10.9 Å². The van der Waals surface area contributed by atoms with E-state index >= 15 is 0 Å². The number of aromatic nitrogens is 1. The first kappa shape index (κ1) is 15.3. The average molecular weight is 312 g/mol. The zero-order valence-electron chi connectivity index (χ0n) is 10.8. The molecule has 1 aromatic carbocycles. The number of hydrogen-bond donors (Lipinski definition) is 2. The number of nitrogens with zero attached hydrogens (tertiary/aromatic N) is 1. The van der Waals surface area contributed by atoms with E-state index in [1.807, 2.05) is 0 Å². The maximum absolute atomic E-state index is 10.9. The Morgan fingerprint density at radius 2 is 2.10 bits per heavy atom. The van der Waals surface area contributed by atoms with E-state index in [1.54, 1.807) is 30.3 Å². The van der Waals surface area contributed by atoms with Crippen molar-refractivity contribution in [1.29, 1.82) is 0 Å². The molecule has 0 amide bonds. The number of benzene rings is 1. The Hall–Kier alpha value is -1.14. The molecule has 0 spiro atoms.